The molecule has 4 aromatic rings. The second kappa shape index (κ2) is 9.99. The Morgan fingerprint density at radius 3 is 2.71 bits per heavy atom. The molecule has 1 aromatic carbocycles. The first-order valence-electron chi connectivity index (χ1n) is 12.2. The van der Waals surface area contributed by atoms with Crippen molar-refractivity contribution in [2.24, 2.45) is 0 Å². The number of amides is 1. The van der Waals surface area contributed by atoms with E-state index in [4.69, 9.17) is 0 Å². The number of rotatable bonds is 6. The fraction of sp³-hybridized carbons (Fsp3) is 0.423. The molecule has 0 radical (unpaired) electrons. The lowest BCUT2D eigenvalue weighted by atomic mass is 9.90. The van der Waals surface area contributed by atoms with Crippen LogP contribution in [0.25, 0.3) is 21.3 Å². The number of benzene rings is 1. The fourth-order valence-corrected chi connectivity index (χ4v) is 6.61. The average molecular weight is 508 g/mol. The van der Waals surface area contributed by atoms with Gasteiger partial charge < -0.3 is 0 Å². The molecule has 7 nitrogen and oxygen atoms in total. The van der Waals surface area contributed by atoms with E-state index in [0.29, 0.717) is 27.7 Å². The van der Waals surface area contributed by atoms with Crippen LogP contribution < -0.4 is 10.9 Å². The van der Waals surface area contributed by atoms with E-state index in [-0.39, 0.29) is 11.5 Å². The van der Waals surface area contributed by atoms with Gasteiger partial charge in [-0.15, -0.1) is 21.5 Å². The third-order valence-electron chi connectivity index (χ3n) is 6.99. The zero-order valence-electron chi connectivity index (χ0n) is 20.2. The Morgan fingerprint density at radius 1 is 1.17 bits per heavy atom. The summed E-state index contributed by atoms with van der Waals surface area (Å²) in [6, 6.07) is 5.50. The topological polar surface area (TPSA) is 89.8 Å². The minimum absolute atomic E-state index is 0.202. The van der Waals surface area contributed by atoms with Crippen LogP contribution in [0.1, 0.15) is 73.5 Å². The number of aryl methyl sites for hydroxylation is 2. The normalized spacial score (nSPS) is 15.4. The number of carbonyl (C=O) groups is 1. The van der Waals surface area contributed by atoms with Crippen LogP contribution in [0.5, 0.6) is 0 Å². The molecule has 1 saturated carbocycles. The maximum atomic E-state index is 13.6. The van der Waals surface area contributed by atoms with Crippen LogP contribution in [0.2, 0.25) is 0 Å². The zero-order valence-corrected chi connectivity index (χ0v) is 21.8. The standard InChI is InChI=1S/C26H29N5O2S2/c1-4-20(22(32)28-26-30-29-23(35-26)17-8-6-5-7-9-17)31-14-27-24-21(25(31)33)19(13-34-24)18-11-10-15(2)16(3)12-18/h10-14,17,20H,4-9H2,1-3H3,(H,28,30,32). The molecule has 1 fully saturated rings. The monoisotopic (exact) mass is 507 g/mol. The highest BCUT2D eigenvalue weighted by molar-refractivity contribution is 7.17. The van der Waals surface area contributed by atoms with Gasteiger partial charge in [0.1, 0.15) is 15.9 Å². The molecule has 1 amide bonds. The van der Waals surface area contributed by atoms with Gasteiger partial charge >= 0.3 is 0 Å². The molecule has 5 rings (SSSR count). The summed E-state index contributed by atoms with van der Waals surface area (Å²) in [7, 11) is 0. The van der Waals surface area contributed by atoms with Gasteiger partial charge in [-0.2, -0.15) is 0 Å². The van der Waals surface area contributed by atoms with E-state index in [1.807, 2.05) is 18.4 Å². The summed E-state index contributed by atoms with van der Waals surface area (Å²) in [5.74, 6) is 0.163. The van der Waals surface area contributed by atoms with Crippen molar-refractivity contribution in [2.45, 2.75) is 71.3 Å². The van der Waals surface area contributed by atoms with E-state index in [0.717, 1.165) is 29.0 Å². The van der Waals surface area contributed by atoms with Crippen LogP contribution >= 0.6 is 22.7 Å². The predicted octanol–water partition coefficient (Wildman–Crippen LogP) is 6.23. The van der Waals surface area contributed by atoms with Crippen LogP contribution in [0, 0.1) is 13.8 Å². The Balaban J connectivity index is 1.44. The molecule has 1 atom stereocenters. The highest BCUT2D eigenvalue weighted by atomic mass is 32.1. The van der Waals surface area contributed by atoms with E-state index >= 15 is 0 Å². The van der Waals surface area contributed by atoms with Crippen molar-refractivity contribution in [3.63, 3.8) is 0 Å². The molecule has 1 aliphatic carbocycles. The molecule has 1 unspecified atom stereocenters. The van der Waals surface area contributed by atoms with Crippen molar-refractivity contribution in [3.8, 4) is 11.1 Å². The highest BCUT2D eigenvalue weighted by Crippen LogP contribution is 2.35. The van der Waals surface area contributed by atoms with Gasteiger partial charge in [0.05, 0.1) is 11.7 Å². The quantitative estimate of drug-likeness (QED) is 0.334. The summed E-state index contributed by atoms with van der Waals surface area (Å²) in [6.45, 7) is 6.03. The van der Waals surface area contributed by atoms with Crippen molar-refractivity contribution in [1.29, 1.82) is 0 Å². The summed E-state index contributed by atoms with van der Waals surface area (Å²) >= 11 is 2.89. The molecule has 0 spiro atoms. The molecule has 0 saturated heterocycles. The summed E-state index contributed by atoms with van der Waals surface area (Å²) in [5, 5.41) is 15.5. The Labute approximate surface area is 212 Å². The van der Waals surface area contributed by atoms with Crippen molar-refractivity contribution in [2.75, 3.05) is 5.32 Å². The van der Waals surface area contributed by atoms with Crippen molar-refractivity contribution in [1.82, 2.24) is 19.7 Å². The smallest absolute Gasteiger partial charge is 0.263 e. The Kier molecular flexibility index (Phi) is 6.80. The average Bonchev–Trinajstić information content (AvgIpc) is 3.51. The van der Waals surface area contributed by atoms with E-state index in [2.05, 4.69) is 46.5 Å². The molecular weight excluding hydrogens is 478 g/mol. The molecule has 0 bridgehead atoms. The van der Waals surface area contributed by atoms with Gasteiger partial charge in [0.15, 0.2) is 0 Å². The van der Waals surface area contributed by atoms with Crippen molar-refractivity contribution in [3.05, 3.63) is 56.4 Å². The minimum Gasteiger partial charge on any atom is -0.299 e. The van der Waals surface area contributed by atoms with E-state index in [9.17, 15) is 9.59 Å². The lowest BCUT2D eigenvalue weighted by Gasteiger charge is -2.18. The first kappa shape index (κ1) is 23.8. The van der Waals surface area contributed by atoms with Crippen LogP contribution in [-0.2, 0) is 4.79 Å². The lowest BCUT2D eigenvalue weighted by molar-refractivity contribution is -0.119. The third-order valence-corrected chi connectivity index (χ3v) is 8.88. The largest absolute Gasteiger partial charge is 0.299 e. The first-order valence-corrected chi connectivity index (χ1v) is 13.9. The summed E-state index contributed by atoms with van der Waals surface area (Å²) < 4.78 is 1.46. The van der Waals surface area contributed by atoms with E-state index < -0.39 is 6.04 Å². The molecule has 9 heteroatoms. The highest BCUT2D eigenvalue weighted by Gasteiger charge is 2.25. The third kappa shape index (κ3) is 4.67. The summed E-state index contributed by atoms with van der Waals surface area (Å²) in [5.41, 5.74) is 4.01. The van der Waals surface area contributed by atoms with Gasteiger partial charge in [0, 0.05) is 16.9 Å². The number of nitrogens with one attached hydrogen (secondary N) is 1. The number of carbonyl (C=O) groups excluding carboxylic acids is 1. The number of nitrogens with zero attached hydrogens (tertiary/aromatic N) is 4. The Hall–Kier alpha value is -2.91. The van der Waals surface area contributed by atoms with E-state index in [1.165, 1.54) is 64.0 Å². The van der Waals surface area contributed by atoms with Gasteiger partial charge in [-0.05, 0) is 49.8 Å². The molecule has 35 heavy (non-hydrogen) atoms. The second-order valence-electron chi connectivity index (χ2n) is 9.28. The van der Waals surface area contributed by atoms with Gasteiger partial charge in [0.25, 0.3) is 5.56 Å². The number of aromatic nitrogens is 4. The number of hydrogen-bond acceptors (Lipinski definition) is 7. The number of hydrogen-bond donors (Lipinski definition) is 1. The van der Waals surface area contributed by atoms with Gasteiger partial charge in [-0.25, -0.2) is 4.98 Å². The molecule has 3 heterocycles. The van der Waals surface area contributed by atoms with Crippen LogP contribution in [0.15, 0.2) is 34.7 Å². The lowest BCUT2D eigenvalue weighted by Crippen LogP contribution is -2.33. The number of fused-ring (bicyclic) bond motifs is 1. The van der Waals surface area contributed by atoms with E-state index in [1.54, 1.807) is 0 Å². The molecule has 3 aromatic heterocycles. The molecule has 1 aliphatic rings. The maximum absolute atomic E-state index is 13.6. The predicted molar refractivity (Wildman–Crippen MR) is 142 cm³/mol. The number of anilines is 1. The maximum Gasteiger partial charge on any atom is 0.263 e. The van der Waals surface area contributed by atoms with Crippen molar-refractivity contribution >= 4 is 43.9 Å². The zero-order chi connectivity index (χ0) is 24.5. The SMILES string of the molecule is CCC(C(=O)Nc1nnc(C2CCCCC2)s1)n1cnc2scc(-c3ccc(C)c(C)c3)c2c1=O. The summed E-state index contributed by atoms with van der Waals surface area (Å²) in [4.78, 5) is 32.1. The van der Waals surface area contributed by atoms with Crippen LogP contribution in [0.4, 0.5) is 5.13 Å². The van der Waals surface area contributed by atoms with Crippen LogP contribution in [-0.4, -0.2) is 25.7 Å². The molecule has 1 N–H and O–H groups in total. The van der Waals surface area contributed by atoms with Crippen molar-refractivity contribution < 1.29 is 4.79 Å². The van der Waals surface area contributed by atoms with Gasteiger partial charge in [0.2, 0.25) is 11.0 Å². The molecule has 0 aliphatic heterocycles. The summed E-state index contributed by atoms with van der Waals surface area (Å²) in [6.07, 6.45) is 7.92. The Bertz CT molecular complexity index is 1430. The Morgan fingerprint density at radius 2 is 1.97 bits per heavy atom. The van der Waals surface area contributed by atoms with Gasteiger partial charge in [-0.1, -0.05) is 55.7 Å². The van der Waals surface area contributed by atoms with Crippen LogP contribution in [0.3, 0.4) is 0 Å². The molecule has 182 valence electrons. The second-order valence-corrected chi connectivity index (χ2v) is 11.1. The number of thiophene rings is 1. The first-order chi connectivity index (χ1) is 17.0. The minimum atomic E-state index is -0.686. The fourth-order valence-electron chi connectivity index (χ4n) is 4.79. The van der Waals surface area contributed by atoms with Gasteiger partial charge in [-0.3, -0.25) is 19.5 Å². The molecular formula is C26H29N5O2S2.